The fraction of sp³-hybridized carbons (Fsp3) is 0.308. The molecule has 0 saturated heterocycles. The quantitative estimate of drug-likeness (QED) is 0.804. The molecular formula is C13H14N2O3S. The van der Waals surface area contributed by atoms with Gasteiger partial charge in [-0.1, -0.05) is 11.8 Å². The van der Waals surface area contributed by atoms with Gasteiger partial charge in [-0.25, -0.2) is 8.42 Å². The van der Waals surface area contributed by atoms with Crippen LogP contribution in [0.25, 0.3) is 0 Å². The third-order valence-corrected chi connectivity index (χ3v) is 3.27. The van der Waals surface area contributed by atoms with Crippen molar-refractivity contribution in [1.82, 2.24) is 0 Å². The van der Waals surface area contributed by atoms with E-state index >= 15 is 0 Å². The summed E-state index contributed by atoms with van der Waals surface area (Å²) in [5.41, 5.74) is 2.00. The molecule has 1 rings (SSSR count). The van der Waals surface area contributed by atoms with Gasteiger partial charge in [0.15, 0.2) is 5.75 Å². The SMILES string of the molecule is Cc1cc(NS(=O)(=O)CC#N)ccc1C#CCCO. The second-order valence-corrected chi connectivity index (χ2v) is 5.55. The van der Waals surface area contributed by atoms with Crippen LogP contribution in [-0.2, 0) is 10.0 Å². The molecule has 0 amide bonds. The first kappa shape index (κ1) is 15.0. The molecule has 0 fully saturated rings. The summed E-state index contributed by atoms with van der Waals surface area (Å²) in [6.45, 7) is 1.82. The van der Waals surface area contributed by atoms with Gasteiger partial charge < -0.3 is 5.11 Å². The molecule has 100 valence electrons. The zero-order valence-electron chi connectivity index (χ0n) is 10.5. The van der Waals surface area contributed by atoms with Gasteiger partial charge in [-0.3, -0.25) is 4.72 Å². The Morgan fingerprint density at radius 3 is 2.74 bits per heavy atom. The molecule has 2 N–H and O–H groups in total. The Morgan fingerprint density at radius 1 is 1.42 bits per heavy atom. The van der Waals surface area contributed by atoms with Gasteiger partial charge in [0.1, 0.15) is 0 Å². The number of anilines is 1. The van der Waals surface area contributed by atoms with Crippen molar-refractivity contribution in [2.75, 3.05) is 17.1 Å². The van der Waals surface area contributed by atoms with Crippen LogP contribution >= 0.6 is 0 Å². The number of aliphatic hydroxyl groups is 1. The minimum absolute atomic E-state index is 0.0120. The summed E-state index contributed by atoms with van der Waals surface area (Å²) in [6, 6.07) is 6.53. The Bertz CT molecular complexity index is 649. The molecule has 1 aromatic carbocycles. The van der Waals surface area contributed by atoms with Gasteiger partial charge in [-0.2, -0.15) is 5.26 Å². The number of hydrogen-bond acceptors (Lipinski definition) is 4. The van der Waals surface area contributed by atoms with Gasteiger partial charge in [0.05, 0.1) is 12.7 Å². The van der Waals surface area contributed by atoms with Crippen molar-refractivity contribution in [1.29, 1.82) is 5.26 Å². The van der Waals surface area contributed by atoms with Gasteiger partial charge in [0.25, 0.3) is 0 Å². The Kier molecular flexibility index (Phi) is 5.37. The first-order valence-corrected chi connectivity index (χ1v) is 7.21. The first-order chi connectivity index (χ1) is 8.98. The van der Waals surface area contributed by atoms with Gasteiger partial charge in [-0.05, 0) is 30.7 Å². The van der Waals surface area contributed by atoms with Crippen molar-refractivity contribution < 1.29 is 13.5 Å². The maximum Gasteiger partial charge on any atom is 0.246 e. The van der Waals surface area contributed by atoms with Crippen LogP contribution < -0.4 is 4.72 Å². The molecule has 6 heteroatoms. The van der Waals surface area contributed by atoms with Crippen LogP contribution in [0, 0.1) is 30.1 Å². The molecular weight excluding hydrogens is 264 g/mol. The fourth-order valence-corrected chi connectivity index (χ4v) is 2.11. The summed E-state index contributed by atoms with van der Waals surface area (Å²) in [5, 5.41) is 17.0. The normalized spacial score (nSPS) is 10.2. The zero-order chi connectivity index (χ0) is 14.3. The number of nitrogens with zero attached hydrogens (tertiary/aromatic N) is 1. The van der Waals surface area contributed by atoms with E-state index in [0.717, 1.165) is 11.1 Å². The highest BCUT2D eigenvalue weighted by molar-refractivity contribution is 7.92. The van der Waals surface area contributed by atoms with Gasteiger partial charge >= 0.3 is 0 Å². The zero-order valence-corrected chi connectivity index (χ0v) is 11.3. The number of rotatable bonds is 4. The first-order valence-electron chi connectivity index (χ1n) is 5.56. The van der Waals surface area contributed by atoms with Crippen molar-refractivity contribution in [2.45, 2.75) is 13.3 Å². The Hall–Kier alpha value is -2.02. The van der Waals surface area contributed by atoms with Crippen LogP contribution in [0.1, 0.15) is 17.5 Å². The minimum atomic E-state index is -3.62. The summed E-state index contributed by atoms with van der Waals surface area (Å²) < 4.78 is 25.2. The largest absolute Gasteiger partial charge is 0.395 e. The highest BCUT2D eigenvalue weighted by Gasteiger charge is 2.09. The average molecular weight is 278 g/mol. The molecule has 1 aromatic rings. The molecule has 19 heavy (non-hydrogen) atoms. The number of benzene rings is 1. The lowest BCUT2D eigenvalue weighted by Gasteiger charge is -2.07. The molecule has 0 saturated carbocycles. The molecule has 0 heterocycles. The topological polar surface area (TPSA) is 90.2 Å². The molecule has 0 aromatic heterocycles. The van der Waals surface area contributed by atoms with Crippen molar-refractivity contribution >= 4 is 15.7 Å². The summed E-state index contributed by atoms with van der Waals surface area (Å²) in [6.07, 6.45) is 0.399. The standard InChI is InChI=1S/C13H14N2O3S/c1-11-10-13(15-19(17,18)9-7-14)6-5-12(11)4-2-3-8-16/h5-6,10,15-16H,3,8-9H2,1H3. The number of hydrogen-bond donors (Lipinski definition) is 2. The van der Waals surface area contributed by atoms with E-state index < -0.39 is 15.8 Å². The van der Waals surface area contributed by atoms with E-state index in [-0.39, 0.29) is 6.61 Å². The molecule has 0 radical (unpaired) electrons. The van der Waals surface area contributed by atoms with Crippen LogP contribution in [0.2, 0.25) is 0 Å². The molecule has 0 unspecified atom stereocenters. The van der Waals surface area contributed by atoms with Gasteiger partial charge in [0.2, 0.25) is 10.0 Å². The van der Waals surface area contributed by atoms with Crippen LogP contribution in [-0.4, -0.2) is 25.9 Å². The minimum Gasteiger partial charge on any atom is -0.395 e. The Morgan fingerprint density at radius 2 is 2.16 bits per heavy atom. The van der Waals surface area contributed by atoms with E-state index in [1.54, 1.807) is 24.3 Å². The summed E-state index contributed by atoms with van der Waals surface area (Å²) in [4.78, 5) is 0. The number of sulfonamides is 1. The second kappa shape index (κ2) is 6.79. The maximum atomic E-state index is 11.4. The molecule has 0 aliphatic carbocycles. The molecule has 0 bridgehead atoms. The van der Waals surface area contributed by atoms with E-state index in [2.05, 4.69) is 16.6 Å². The third-order valence-electron chi connectivity index (χ3n) is 2.21. The Balaban J connectivity index is 2.90. The smallest absolute Gasteiger partial charge is 0.246 e. The lowest BCUT2D eigenvalue weighted by atomic mass is 10.1. The molecule has 0 spiro atoms. The van der Waals surface area contributed by atoms with Crippen LogP contribution in [0.15, 0.2) is 18.2 Å². The Labute approximate surface area is 112 Å². The highest BCUT2D eigenvalue weighted by Crippen LogP contribution is 2.15. The molecule has 5 nitrogen and oxygen atoms in total. The molecule has 0 aliphatic rings. The number of aryl methyl sites for hydroxylation is 1. The monoisotopic (exact) mass is 278 g/mol. The predicted molar refractivity (Wildman–Crippen MR) is 72.8 cm³/mol. The average Bonchev–Trinajstić information content (AvgIpc) is 2.31. The fourth-order valence-electron chi connectivity index (χ4n) is 1.38. The van der Waals surface area contributed by atoms with Crippen LogP contribution in [0.3, 0.4) is 0 Å². The maximum absolute atomic E-state index is 11.4. The van der Waals surface area contributed by atoms with E-state index in [1.165, 1.54) is 0 Å². The van der Waals surface area contributed by atoms with Crippen LogP contribution in [0.4, 0.5) is 5.69 Å². The van der Waals surface area contributed by atoms with Crippen molar-refractivity contribution in [3.63, 3.8) is 0 Å². The predicted octanol–water partition coefficient (Wildman–Crippen LogP) is 0.994. The summed E-state index contributed by atoms with van der Waals surface area (Å²) >= 11 is 0. The lowest BCUT2D eigenvalue weighted by molar-refractivity contribution is 0.305. The summed E-state index contributed by atoms with van der Waals surface area (Å²) in [7, 11) is -3.62. The molecule has 0 aliphatic heterocycles. The number of nitrogens with one attached hydrogen (secondary N) is 1. The number of nitriles is 1. The second-order valence-electron chi connectivity index (χ2n) is 3.82. The molecule has 0 atom stereocenters. The van der Waals surface area contributed by atoms with Crippen LogP contribution in [0.5, 0.6) is 0 Å². The van der Waals surface area contributed by atoms with E-state index in [9.17, 15) is 8.42 Å². The van der Waals surface area contributed by atoms with Crippen molar-refractivity contribution in [2.24, 2.45) is 0 Å². The van der Waals surface area contributed by atoms with E-state index in [1.807, 2.05) is 6.92 Å². The van der Waals surface area contributed by atoms with Gasteiger partial charge in [-0.15, -0.1) is 0 Å². The number of aliphatic hydroxyl groups excluding tert-OH is 1. The van der Waals surface area contributed by atoms with E-state index in [4.69, 9.17) is 10.4 Å². The van der Waals surface area contributed by atoms with Gasteiger partial charge in [0, 0.05) is 17.7 Å². The highest BCUT2D eigenvalue weighted by atomic mass is 32.2. The van der Waals surface area contributed by atoms with Crippen molar-refractivity contribution in [3.8, 4) is 17.9 Å². The van der Waals surface area contributed by atoms with Crippen molar-refractivity contribution in [3.05, 3.63) is 29.3 Å². The lowest BCUT2D eigenvalue weighted by Crippen LogP contribution is -2.15. The van der Waals surface area contributed by atoms with E-state index in [0.29, 0.717) is 12.1 Å². The third kappa shape index (κ3) is 5.01. The summed E-state index contributed by atoms with van der Waals surface area (Å²) in [5.74, 6) is 5.11.